The lowest BCUT2D eigenvalue weighted by Crippen LogP contribution is -2.36. The minimum absolute atomic E-state index is 0.00933. The van der Waals surface area contributed by atoms with Crippen molar-refractivity contribution in [1.82, 2.24) is 9.73 Å². The monoisotopic (exact) mass is 435 g/mol. The van der Waals surface area contributed by atoms with Crippen molar-refractivity contribution < 1.29 is 27.4 Å². The third kappa shape index (κ3) is 5.28. The average molecular weight is 436 g/mol. The highest BCUT2D eigenvalue weighted by Crippen LogP contribution is 2.29. The van der Waals surface area contributed by atoms with Gasteiger partial charge in [-0.25, -0.2) is 13.8 Å². The zero-order valence-electron chi connectivity index (χ0n) is 17.5. The molecule has 0 unspecified atom stereocenters. The van der Waals surface area contributed by atoms with Crippen LogP contribution in [0.3, 0.4) is 0 Å². The fraction of sp³-hybridized carbons (Fsp3) is 0.300. The van der Waals surface area contributed by atoms with Gasteiger partial charge in [0.15, 0.2) is 11.5 Å². The molecule has 0 atom stereocenters. The Hall–Kier alpha value is -3.11. The zero-order valence-corrected chi connectivity index (χ0v) is 18.3. The highest BCUT2D eigenvalue weighted by Gasteiger charge is 2.26. The van der Waals surface area contributed by atoms with Crippen molar-refractivity contribution in [3.8, 4) is 17.2 Å². The second-order valence-electron chi connectivity index (χ2n) is 6.29. The molecule has 10 heteroatoms. The number of methoxy groups -OCH3 is 3. The van der Waals surface area contributed by atoms with E-state index in [1.54, 1.807) is 37.3 Å². The minimum Gasteiger partial charge on any atom is -0.495 e. The van der Waals surface area contributed by atoms with Gasteiger partial charge in [0.1, 0.15) is 10.6 Å². The molecule has 0 saturated carbocycles. The van der Waals surface area contributed by atoms with Crippen LogP contribution in [0.1, 0.15) is 11.1 Å². The lowest BCUT2D eigenvalue weighted by Gasteiger charge is -2.18. The predicted molar refractivity (Wildman–Crippen MR) is 113 cm³/mol. The van der Waals surface area contributed by atoms with Crippen molar-refractivity contribution in [2.75, 3.05) is 34.9 Å². The van der Waals surface area contributed by atoms with Gasteiger partial charge in [0.25, 0.3) is 5.91 Å². The van der Waals surface area contributed by atoms with Crippen LogP contribution in [0.5, 0.6) is 17.2 Å². The summed E-state index contributed by atoms with van der Waals surface area (Å²) in [5.74, 6) is 0.580. The predicted octanol–water partition coefficient (Wildman–Crippen LogP) is 1.79. The number of carbonyl (C=O) groups excluding carboxylic acids is 1. The number of para-hydroxylation sites is 1. The van der Waals surface area contributed by atoms with Crippen LogP contribution in [0, 0.1) is 6.92 Å². The van der Waals surface area contributed by atoms with E-state index in [-0.39, 0.29) is 10.6 Å². The number of rotatable bonds is 9. The van der Waals surface area contributed by atoms with Crippen molar-refractivity contribution in [3.63, 3.8) is 0 Å². The van der Waals surface area contributed by atoms with Crippen molar-refractivity contribution in [1.29, 1.82) is 0 Å². The molecular formula is C20H25N3O6S. The van der Waals surface area contributed by atoms with E-state index >= 15 is 0 Å². The van der Waals surface area contributed by atoms with Crippen molar-refractivity contribution in [3.05, 3.63) is 47.5 Å². The van der Waals surface area contributed by atoms with Gasteiger partial charge in [0, 0.05) is 12.6 Å². The van der Waals surface area contributed by atoms with Crippen molar-refractivity contribution in [2.24, 2.45) is 5.10 Å². The Balaban J connectivity index is 2.10. The maximum atomic E-state index is 12.8. The maximum Gasteiger partial charge on any atom is 0.255 e. The quantitative estimate of drug-likeness (QED) is 0.475. The molecule has 0 aromatic heterocycles. The van der Waals surface area contributed by atoms with Gasteiger partial charge in [-0.3, -0.25) is 4.79 Å². The van der Waals surface area contributed by atoms with E-state index in [2.05, 4.69) is 10.5 Å². The normalized spacial score (nSPS) is 11.5. The van der Waals surface area contributed by atoms with Crippen LogP contribution in [0.4, 0.5) is 0 Å². The standard InChI is InChI=1S/C20H25N3O6S/c1-14-9-10-16(27-3)18(11-14)30(25,26)23(2)13-19(24)22-21-12-15-7-6-8-17(28-4)20(15)29-5/h6-12H,13H2,1-5H3,(H,22,24)/b21-12-. The number of hydrogen-bond acceptors (Lipinski definition) is 7. The summed E-state index contributed by atoms with van der Waals surface area (Å²) in [5, 5.41) is 3.87. The van der Waals surface area contributed by atoms with Crippen LogP contribution in [-0.4, -0.2) is 59.8 Å². The second kappa shape index (κ2) is 10.1. The fourth-order valence-corrected chi connectivity index (χ4v) is 4.03. The summed E-state index contributed by atoms with van der Waals surface area (Å²) in [5.41, 5.74) is 3.65. The summed E-state index contributed by atoms with van der Waals surface area (Å²) in [4.78, 5) is 12.2. The van der Waals surface area contributed by atoms with Crippen molar-refractivity contribution in [2.45, 2.75) is 11.8 Å². The van der Waals surface area contributed by atoms with Gasteiger partial charge in [0.05, 0.1) is 34.1 Å². The molecule has 0 saturated heterocycles. The Morgan fingerprint density at radius 1 is 1.10 bits per heavy atom. The summed E-state index contributed by atoms with van der Waals surface area (Å²) in [6, 6.07) is 10.0. The van der Waals surface area contributed by atoms with Crippen LogP contribution in [0.25, 0.3) is 0 Å². The molecule has 1 N–H and O–H groups in total. The second-order valence-corrected chi connectivity index (χ2v) is 8.30. The Kier molecular flexibility index (Phi) is 7.79. The first-order valence-corrected chi connectivity index (χ1v) is 10.3. The molecule has 30 heavy (non-hydrogen) atoms. The highest BCUT2D eigenvalue weighted by atomic mass is 32.2. The van der Waals surface area contributed by atoms with E-state index < -0.39 is 22.5 Å². The lowest BCUT2D eigenvalue weighted by molar-refractivity contribution is -0.121. The molecule has 0 spiro atoms. The molecule has 0 bridgehead atoms. The smallest absolute Gasteiger partial charge is 0.255 e. The van der Waals surface area contributed by atoms with Crippen LogP contribution < -0.4 is 19.6 Å². The van der Waals surface area contributed by atoms with E-state index in [0.29, 0.717) is 17.1 Å². The molecule has 1 amide bonds. The highest BCUT2D eigenvalue weighted by molar-refractivity contribution is 7.89. The van der Waals surface area contributed by atoms with E-state index in [9.17, 15) is 13.2 Å². The summed E-state index contributed by atoms with van der Waals surface area (Å²) in [6.45, 7) is 1.35. The number of ether oxygens (including phenoxy) is 3. The Morgan fingerprint density at radius 3 is 2.43 bits per heavy atom. The van der Waals surface area contributed by atoms with E-state index in [0.717, 1.165) is 9.87 Å². The Bertz CT molecular complexity index is 1040. The molecule has 0 aliphatic carbocycles. The van der Waals surface area contributed by atoms with Crippen LogP contribution >= 0.6 is 0 Å². The molecule has 2 aromatic rings. The van der Waals surface area contributed by atoms with Crippen molar-refractivity contribution >= 4 is 22.1 Å². The number of hydrogen-bond donors (Lipinski definition) is 1. The third-order valence-corrected chi connectivity index (χ3v) is 6.02. The van der Waals surface area contributed by atoms with Gasteiger partial charge < -0.3 is 14.2 Å². The molecule has 0 fully saturated rings. The van der Waals surface area contributed by atoms with E-state index in [1.807, 2.05) is 0 Å². The van der Waals surface area contributed by atoms with Gasteiger partial charge in [-0.05, 0) is 36.8 Å². The molecule has 0 heterocycles. The number of sulfonamides is 1. The number of aryl methyl sites for hydroxylation is 1. The SMILES string of the molecule is COc1ccc(C)cc1S(=O)(=O)N(C)CC(=O)N/N=C\c1cccc(OC)c1OC. The summed E-state index contributed by atoms with van der Waals surface area (Å²) >= 11 is 0. The first kappa shape index (κ1) is 23.2. The number of amides is 1. The number of nitrogens with zero attached hydrogens (tertiary/aromatic N) is 2. The topological polar surface area (TPSA) is 107 Å². The number of likely N-dealkylation sites (N-methyl/N-ethyl adjacent to an activating group) is 1. The summed E-state index contributed by atoms with van der Waals surface area (Å²) in [6.07, 6.45) is 1.39. The molecule has 9 nitrogen and oxygen atoms in total. The van der Waals surface area contributed by atoms with Gasteiger partial charge >= 0.3 is 0 Å². The molecular weight excluding hydrogens is 410 g/mol. The van der Waals surface area contributed by atoms with Gasteiger partial charge in [0.2, 0.25) is 10.0 Å². The van der Waals surface area contributed by atoms with Gasteiger partial charge in [-0.15, -0.1) is 0 Å². The van der Waals surface area contributed by atoms with Gasteiger partial charge in [-0.2, -0.15) is 9.41 Å². The van der Waals surface area contributed by atoms with E-state index in [1.165, 1.54) is 40.7 Å². The number of nitrogens with one attached hydrogen (secondary N) is 1. The zero-order chi connectivity index (χ0) is 22.3. The Morgan fingerprint density at radius 2 is 1.80 bits per heavy atom. The molecule has 2 aromatic carbocycles. The third-order valence-electron chi connectivity index (χ3n) is 4.20. The molecule has 162 valence electrons. The van der Waals surface area contributed by atoms with Crippen LogP contribution in [0.15, 0.2) is 46.4 Å². The molecule has 2 rings (SSSR count). The lowest BCUT2D eigenvalue weighted by atomic mass is 10.2. The largest absolute Gasteiger partial charge is 0.495 e. The number of carbonyl (C=O) groups is 1. The molecule has 0 aliphatic heterocycles. The number of hydrazone groups is 1. The molecule has 0 aliphatic rings. The molecule has 0 radical (unpaired) electrons. The average Bonchev–Trinajstić information content (AvgIpc) is 2.73. The van der Waals surface area contributed by atoms with E-state index in [4.69, 9.17) is 14.2 Å². The maximum absolute atomic E-state index is 12.8. The first-order chi connectivity index (χ1) is 14.2. The van der Waals surface area contributed by atoms with Gasteiger partial charge in [-0.1, -0.05) is 12.1 Å². The number of benzene rings is 2. The summed E-state index contributed by atoms with van der Waals surface area (Å²) in [7, 11) is 1.77. The van der Waals surface area contributed by atoms with Crippen LogP contribution in [0.2, 0.25) is 0 Å². The Labute approximate surface area is 176 Å². The van der Waals surface area contributed by atoms with Crippen LogP contribution in [-0.2, 0) is 14.8 Å². The summed E-state index contributed by atoms with van der Waals surface area (Å²) < 4.78 is 42.3. The first-order valence-electron chi connectivity index (χ1n) is 8.88. The fourth-order valence-electron chi connectivity index (χ4n) is 2.66. The minimum atomic E-state index is -3.94.